The van der Waals surface area contributed by atoms with Gasteiger partial charge in [-0.1, -0.05) is 41.9 Å². The summed E-state index contributed by atoms with van der Waals surface area (Å²) in [5, 5.41) is 0.630. The van der Waals surface area contributed by atoms with Gasteiger partial charge in [0.1, 0.15) is 0 Å². The first-order valence-electron chi connectivity index (χ1n) is 6.30. The lowest BCUT2D eigenvalue weighted by molar-refractivity contribution is 0.599. The van der Waals surface area contributed by atoms with Crippen LogP contribution >= 0.6 is 11.6 Å². The Bertz CT molecular complexity index is 770. The quantitative estimate of drug-likeness (QED) is 0.839. The predicted molar refractivity (Wildman–Crippen MR) is 86.0 cm³/mol. The van der Waals surface area contributed by atoms with Gasteiger partial charge in [-0.3, -0.25) is 4.21 Å². The number of hydrogen-bond acceptors (Lipinski definition) is 3. The molecule has 0 amide bonds. The van der Waals surface area contributed by atoms with E-state index < -0.39 is 20.6 Å². The van der Waals surface area contributed by atoms with Gasteiger partial charge >= 0.3 is 0 Å². The standard InChI is InChI=1S/C15H15ClO3S2/c1-21(18,19)15-9-5-4-8-14(15)20(17)11-10-12-6-2-3-7-13(12)16/h2-9H,10-11H2,1H3/t20-/m1/s1. The zero-order chi connectivity index (χ0) is 15.5. The van der Waals surface area contributed by atoms with Crippen LogP contribution in [-0.2, 0) is 27.1 Å². The predicted octanol–water partition coefficient (Wildman–Crippen LogP) is 3.09. The average Bonchev–Trinajstić information content (AvgIpc) is 2.45. The van der Waals surface area contributed by atoms with Crippen LogP contribution in [0.3, 0.4) is 0 Å². The molecular formula is C15H15ClO3S2. The van der Waals surface area contributed by atoms with Gasteiger partial charge in [0.05, 0.1) is 20.6 Å². The molecule has 2 aromatic rings. The van der Waals surface area contributed by atoms with Crippen LogP contribution in [0.5, 0.6) is 0 Å². The smallest absolute Gasteiger partial charge is 0.176 e. The Hall–Kier alpha value is -1.17. The minimum atomic E-state index is -3.39. The van der Waals surface area contributed by atoms with Crippen LogP contribution in [0.15, 0.2) is 58.3 Å². The molecule has 6 heteroatoms. The zero-order valence-corrected chi connectivity index (χ0v) is 13.8. The van der Waals surface area contributed by atoms with Crippen molar-refractivity contribution in [2.45, 2.75) is 16.2 Å². The summed E-state index contributed by atoms with van der Waals surface area (Å²) in [6.07, 6.45) is 1.65. The fraction of sp³-hybridized carbons (Fsp3) is 0.200. The highest BCUT2D eigenvalue weighted by Gasteiger charge is 2.17. The van der Waals surface area contributed by atoms with E-state index in [0.717, 1.165) is 11.8 Å². The van der Waals surface area contributed by atoms with E-state index in [1.807, 2.05) is 18.2 Å². The molecule has 0 spiro atoms. The van der Waals surface area contributed by atoms with Gasteiger partial charge in [-0.15, -0.1) is 0 Å². The fourth-order valence-electron chi connectivity index (χ4n) is 1.96. The first-order valence-corrected chi connectivity index (χ1v) is 9.89. The maximum Gasteiger partial charge on any atom is 0.176 e. The Balaban J connectivity index is 2.21. The Morgan fingerprint density at radius 1 is 1.05 bits per heavy atom. The second-order valence-corrected chi connectivity index (χ2v) is 8.54. The lowest BCUT2D eigenvalue weighted by Crippen LogP contribution is -2.08. The second kappa shape index (κ2) is 6.73. The van der Waals surface area contributed by atoms with Crippen LogP contribution in [0.25, 0.3) is 0 Å². The molecule has 0 radical (unpaired) electrons. The Labute approximate surface area is 132 Å². The molecule has 2 rings (SSSR count). The van der Waals surface area contributed by atoms with Gasteiger partial charge in [0.15, 0.2) is 9.84 Å². The molecule has 0 aromatic heterocycles. The summed E-state index contributed by atoms with van der Waals surface area (Å²) in [5.41, 5.74) is 0.907. The SMILES string of the molecule is CS(=O)(=O)c1ccccc1[S@](=O)CCc1ccccc1Cl. The molecule has 0 heterocycles. The summed E-state index contributed by atoms with van der Waals surface area (Å²) >= 11 is 6.06. The van der Waals surface area contributed by atoms with Crippen molar-refractivity contribution in [1.29, 1.82) is 0 Å². The van der Waals surface area contributed by atoms with Gasteiger partial charge in [0.25, 0.3) is 0 Å². The molecule has 0 bridgehead atoms. The summed E-state index contributed by atoms with van der Waals surface area (Å²) in [6.45, 7) is 0. The van der Waals surface area contributed by atoms with Gasteiger partial charge in [0, 0.05) is 17.0 Å². The highest BCUT2D eigenvalue weighted by atomic mass is 35.5. The van der Waals surface area contributed by atoms with Gasteiger partial charge in [0.2, 0.25) is 0 Å². The van der Waals surface area contributed by atoms with Gasteiger partial charge in [-0.25, -0.2) is 8.42 Å². The molecule has 0 saturated heterocycles. The molecule has 0 aliphatic carbocycles. The van der Waals surface area contributed by atoms with E-state index in [1.165, 1.54) is 6.07 Å². The molecule has 0 N–H and O–H groups in total. The van der Waals surface area contributed by atoms with E-state index in [1.54, 1.807) is 24.3 Å². The van der Waals surface area contributed by atoms with Crippen molar-refractivity contribution >= 4 is 32.2 Å². The maximum atomic E-state index is 12.4. The van der Waals surface area contributed by atoms with Crippen LogP contribution in [-0.4, -0.2) is 24.6 Å². The number of halogens is 1. The van der Waals surface area contributed by atoms with E-state index in [-0.39, 0.29) is 4.90 Å². The number of hydrogen-bond donors (Lipinski definition) is 0. The molecule has 0 unspecified atom stereocenters. The minimum Gasteiger partial charge on any atom is -0.254 e. The third kappa shape index (κ3) is 4.15. The van der Waals surface area contributed by atoms with Crippen molar-refractivity contribution in [2.24, 2.45) is 0 Å². The molecule has 0 fully saturated rings. The molecule has 0 aliphatic rings. The molecule has 112 valence electrons. The molecule has 21 heavy (non-hydrogen) atoms. The van der Waals surface area contributed by atoms with E-state index in [9.17, 15) is 12.6 Å². The summed E-state index contributed by atoms with van der Waals surface area (Å²) in [4.78, 5) is 0.481. The van der Waals surface area contributed by atoms with Crippen LogP contribution in [0.4, 0.5) is 0 Å². The largest absolute Gasteiger partial charge is 0.254 e. The maximum absolute atomic E-state index is 12.4. The number of aryl methyl sites for hydroxylation is 1. The number of benzene rings is 2. The van der Waals surface area contributed by atoms with Crippen molar-refractivity contribution in [3.63, 3.8) is 0 Å². The van der Waals surface area contributed by atoms with Gasteiger partial charge in [-0.2, -0.15) is 0 Å². The zero-order valence-electron chi connectivity index (χ0n) is 11.5. The molecule has 1 atom stereocenters. The van der Waals surface area contributed by atoms with Crippen LogP contribution in [0, 0.1) is 0 Å². The number of sulfone groups is 1. The average molecular weight is 343 g/mol. The normalized spacial score (nSPS) is 13.0. The summed E-state index contributed by atoms with van der Waals surface area (Å²) in [5.74, 6) is 0.330. The van der Waals surface area contributed by atoms with Crippen molar-refractivity contribution < 1.29 is 12.6 Å². The van der Waals surface area contributed by atoms with Crippen LogP contribution in [0.2, 0.25) is 5.02 Å². The van der Waals surface area contributed by atoms with Crippen molar-refractivity contribution in [3.8, 4) is 0 Å². The molecule has 0 aliphatic heterocycles. The molecular weight excluding hydrogens is 328 g/mol. The lowest BCUT2D eigenvalue weighted by atomic mass is 10.2. The first-order chi connectivity index (χ1) is 9.89. The second-order valence-electron chi connectivity index (χ2n) is 4.61. The highest BCUT2D eigenvalue weighted by Crippen LogP contribution is 2.21. The molecule has 3 nitrogen and oxygen atoms in total. The van der Waals surface area contributed by atoms with E-state index in [0.29, 0.717) is 22.1 Å². The topological polar surface area (TPSA) is 51.2 Å². The molecule has 0 saturated carbocycles. The van der Waals surface area contributed by atoms with E-state index in [2.05, 4.69) is 0 Å². The third-order valence-electron chi connectivity index (χ3n) is 3.01. The van der Waals surface area contributed by atoms with Crippen LogP contribution < -0.4 is 0 Å². The highest BCUT2D eigenvalue weighted by molar-refractivity contribution is 7.92. The van der Waals surface area contributed by atoms with Gasteiger partial charge in [-0.05, 0) is 30.2 Å². The first kappa shape index (κ1) is 16.2. The number of rotatable bonds is 5. The third-order valence-corrected chi connectivity index (χ3v) is 6.08. The van der Waals surface area contributed by atoms with E-state index >= 15 is 0 Å². The molecule has 2 aromatic carbocycles. The summed E-state index contributed by atoms with van der Waals surface area (Å²) in [7, 11) is -4.78. The van der Waals surface area contributed by atoms with Crippen molar-refractivity contribution in [2.75, 3.05) is 12.0 Å². The Kier molecular flexibility index (Phi) is 5.19. The fourth-order valence-corrected chi connectivity index (χ4v) is 4.83. The van der Waals surface area contributed by atoms with E-state index in [4.69, 9.17) is 11.6 Å². The summed E-state index contributed by atoms with van der Waals surface area (Å²) < 4.78 is 35.9. The monoisotopic (exact) mass is 342 g/mol. The van der Waals surface area contributed by atoms with Crippen molar-refractivity contribution in [3.05, 3.63) is 59.1 Å². The minimum absolute atomic E-state index is 0.127. The summed E-state index contributed by atoms with van der Waals surface area (Å²) in [6, 6.07) is 13.8. The lowest BCUT2D eigenvalue weighted by Gasteiger charge is -2.08. The van der Waals surface area contributed by atoms with Crippen molar-refractivity contribution in [1.82, 2.24) is 0 Å². The Morgan fingerprint density at radius 2 is 1.67 bits per heavy atom. The Morgan fingerprint density at radius 3 is 2.33 bits per heavy atom. The van der Waals surface area contributed by atoms with Gasteiger partial charge < -0.3 is 0 Å². The van der Waals surface area contributed by atoms with Crippen LogP contribution in [0.1, 0.15) is 5.56 Å².